The Balaban J connectivity index is 2.04. The molecule has 2 rings (SSSR count). The predicted molar refractivity (Wildman–Crippen MR) is 55.9 cm³/mol. The highest BCUT2D eigenvalue weighted by Gasteiger charge is 2.16. The van der Waals surface area contributed by atoms with Crippen molar-refractivity contribution in [3.8, 4) is 5.75 Å². The first-order valence-corrected chi connectivity index (χ1v) is 5.48. The van der Waals surface area contributed by atoms with Crippen molar-refractivity contribution in [1.82, 2.24) is 0 Å². The molecule has 69 valence electrons. The van der Waals surface area contributed by atoms with Gasteiger partial charge < -0.3 is 4.74 Å². The topological polar surface area (TPSA) is 9.23 Å². The lowest BCUT2D eigenvalue weighted by atomic mass is 10.3. The first-order valence-electron chi connectivity index (χ1n) is 4.68. The van der Waals surface area contributed by atoms with E-state index in [9.17, 15) is 0 Å². The number of halogens is 1. The van der Waals surface area contributed by atoms with Gasteiger partial charge in [0.15, 0.2) is 0 Å². The van der Waals surface area contributed by atoms with Gasteiger partial charge >= 0.3 is 0 Å². The minimum absolute atomic E-state index is 0.429. The van der Waals surface area contributed by atoms with Crippen LogP contribution in [0.4, 0.5) is 0 Å². The molecule has 1 aromatic rings. The normalized spacial score (nSPS) is 17.6. The Labute approximate surface area is 87.2 Å². The van der Waals surface area contributed by atoms with E-state index in [2.05, 4.69) is 22.0 Å². The molecular formula is C11H12BrO. The third-order valence-corrected chi connectivity index (χ3v) is 2.99. The van der Waals surface area contributed by atoms with Crippen molar-refractivity contribution in [2.45, 2.75) is 31.8 Å². The largest absolute Gasteiger partial charge is 0.489 e. The number of benzene rings is 1. The van der Waals surface area contributed by atoms with Crippen LogP contribution >= 0.6 is 15.9 Å². The van der Waals surface area contributed by atoms with Crippen LogP contribution in [0.2, 0.25) is 0 Å². The van der Waals surface area contributed by atoms with Crippen LogP contribution in [-0.2, 0) is 0 Å². The molecule has 0 atom stereocenters. The predicted octanol–water partition coefficient (Wildman–Crippen LogP) is 3.57. The highest BCUT2D eigenvalue weighted by Crippen LogP contribution is 2.29. The number of hydrogen-bond donors (Lipinski definition) is 0. The van der Waals surface area contributed by atoms with E-state index >= 15 is 0 Å². The zero-order valence-electron chi connectivity index (χ0n) is 7.42. The van der Waals surface area contributed by atoms with Crippen LogP contribution < -0.4 is 4.74 Å². The van der Waals surface area contributed by atoms with Crippen LogP contribution in [0.1, 0.15) is 25.7 Å². The van der Waals surface area contributed by atoms with Crippen LogP contribution in [0.15, 0.2) is 22.7 Å². The molecule has 1 saturated carbocycles. The smallest absolute Gasteiger partial charge is 0.133 e. The van der Waals surface area contributed by atoms with E-state index in [-0.39, 0.29) is 0 Å². The summed E-state index contributed by atoms with van der Waals surface area (Å²) in [4.78, 5) is 0. The van der Waals surface area contributed by atoms with Gasteiger partial charge in [-0.2, -0.15) is 0 Å². The van der Waals surface area contributed by atoms with Crippen molar-refractivity contribution in [2.75, 3.05) is 0 Å². The van der Waals surface area contributed by atoms with E-state index in [4.69, 9.17) is 4.74 Å². The molecule has 0 heterocycles. The molecule has 1 fully saturated rings. The molecule has 2 heteroatoms. The Morgan fingerprint density at radius 3 is 2.85 bits per heavy atom. The number of ether oxygens (including phenoxy) is 1. The van der Waals surface area contributed by atoms with Crippen molar-refractivity contribution in [3.63, 3.8) is 0 Å². The summed E-state index contributed by atoms with van der Waals surface area (Å²) in [5.41, 5.74) is 0. The van der Waals surface area contributed by atoms with Crippen LogP contribution in [0.5, 0.6) is 5.75 Å². The monoisotopic (exact) mass is 239 g/mol. The molecule has 0 spiro atoms. The molecule has 1 aliphatic carbocycles. The van der Waals surface area contributed by atoms with Gasteiger partial charge in [0.1, 0.15) is 5.75 Å². The zero-order valence-corrected chi connectivity index (χ0v) is 9.01. The molecule has 0 saturated heterocycles. The first-order chi connectivity index (χ1) is 6.36. The average Bonchev–Trinajstić information content (AvgIpc) is 2.61. The Morgan fingerprint density at radius 1 is 1.38 bits per heavy atom. The molecule has 1 aromatic carbocycles. The average molecular weight is 240 g/mol. The lowest BCUT2D eigenvalue weighted by Crippen LogP contribution is -2.10. The number of rotatable bonds is 2. The molecule has 13 heavy (non-hydrogen) atoms. The van der Waals surface area contributed by atoms with Gasteiger partial charge in [-0.3, -0.25) is 0 Å². The minimum atomic E-state index is 0.429. The Kier molecular flexibility index (Phi) is 2.89. The molecule has 0 N–H and O–H groups in total. The quantitative estimate of drug-likeness (QED) is 0.767. The highest BCUT2D eigenvalue weighted by atomic mass is 79.9. The van der Waals surface area contributed by atoms with Crippen molar-refractivity contribution in [2.24, 2.45) is 0 Å². The summed E-state index contributed by atoms with van der Waals surface area (Å²) in [5, 5.41) is 0. The fourth-order valence-corrected chi connectivity index (χ4v) is 2.03. The minimum Gasteiger partial charge on any atom is -0.489 e. The lowest BCUT2D eigenvalue weighted by molar-refractivity contribution is 0.208. The van der Waals surface area contributed by atoms with Gasteiger partial charge in [-0.1, -0.05) is 6.07 Å². The van der Waals surface area contributed by atoms with E-state index in [0.29, 0.717) is 6.10 Å². The first kappa shape index (κ1) is 9.07. The summed E-state index contributed by atoms with van der Waals surface area (Å²) in [5.74, 6) is 0.950. The highest BCUT2D eigenvalue weighted by molar-refractivity contribution is 9.10. The third kappa shape index (κ3) is 2.25. The van der Waals surface area contributed by atoms with Gasteiger partial charge in [0.25, 0.3) is 0 Å². The van der Waals surface area contributed by atoms with Crippen molar-refractivity contribution in [1.29, 1.82) is 0 Å². The maximum atomic E-state index is 5.84. The molecular weight excluding hydrogens is 228 g/mol. The van der Waals surface area contributed by atoms with Gasteiger partial charge in [0.05, 0.1) is 10.6 Å². The second-order valence-corrected chi connectivity index (χ2v) is 4.24. The van der Waals surface area contributed by atoms with E-state index in [0.717, 1.165) is 10.2 Å². The van der Waals surface area contributed by atoms with E-state index < -0.39 is 0 Å². The van der Waals surface area contributed by atoms with Gasteiger partial charge in [-0.25, -0.2) is 0 Å². The van der Waals surface area contributed by atoms with Crippen LogP contribution in [0, 0.1) is 6.07 Å². The maximum absolute atomic E-state index is 5.84. The summed E-state index contributed by atoms with van der Waals surface area (Å²) in [7, 11) is 0. The van der Waals surface area contributed by atoms with Crippen LogP contribution in [0.25, 0.3) is 0 Å². The molecule has 1 aliphatic rings. The molecule has 1 nitrogen and oxygen atoms in total. The third-order valence-electron chi connectivity index (χ3n) is 2.37. The van der Waals surface area contributed by atoms with Crippen LogP contribution in [0.3, 0.4) is 0 Å². The molecule has 0 amide bonds. The summed E-state index contributed by atoms with van der Waals surface area (Å²) < 4.78 is 6.84. The zero-order chi connectivity index (χ0) is 9.10. The molecule has 0 bridgehead atoms. The Bertz CT molecular complexity index is 279. The lowest BCUT2D eigenvalue weighted by Gasteiger charge is -2.13. The molecule has 0 aromatic heterocycles. The van der Waals surface area contributed by atoms with Gasteiger partial charge in [-0.05, 0) is 59.8 Å². The molecule has 0 unspecified atom stereocenters. The second kappa shape index (κ2) is 4.14. The Hall–Kier alpha value is -0.500. The summed E-state index contributed by atoms with van der Waals surface area (Å²) >= 11 is 3.45. The fourth-order valence-electron chi connectivity index (χ4n) is 1.68. The van der Waals surface area contributed by atoms with Crippen LogP contribution in [-0.4, -0.2) is 6.10 Å². The standard InChI is InChI=1S/C11H12BrO/c12-10-7-3-4-8-11(10)13-9-5-1-2-6-9/h4,7-9H,1-2,5-6H2. The van der Waals surface area contributed by atoms with Gasteiger partial charge in [-0.15, -0.1) is 0 Å². The summed E-state index contributed by atoms with van der Waals surface area (Å²) in [6.07, 6.45) is 5.44. The van der Waals surface area contributed by atoms with Crippen molar-refractivity contribution < 1.29 is 4.74 Å². The van der Waals surface area contributed by atoms with E-state index in [1.54, 1.807) is 0 Å². The Morgan fingerprint density at radius 2 is 2.15 bits per heavy atom. The van der Waals surface area contributed by atoms with E-state index in [1.807, 2.05) is 18.2 Å². The SMILES string of the molecule is Brc1c[c]ccc1OC1CCCC1. The van der Waals surface area contributed by atoms with Crippen molar-refractivity contribution in [3.05, 3.63) is 28.7 Å². The molecule has 0 aliphatic heterocycles. The number of hydrogen-bond acceptors (Lipinski definition) is 1. The van der Waals surface area contributed by atoms with E-state index in [1.165, 1.54) is 25.7 Å². The maximum Gasteiger partial charge on any atom is 0.133 e. The van der Waals surface area contributed by atoms with Crippen molar-refractivity contribution >= 4 is 15.9 Å². The fraction of sp³-hybridized carbons (Fsp3) is 0.455. The summed E-state index contributed by atoms with van der Waals surface area (Å²) in [6.45, 7) is 0. The van der Waals surface area contributed by atoms with Gasteiger partial charge in [0.2, 0.25) is 0 Å². The second-order valence-electron chi connectivity index (χ2n) is 3.38. The summed E-state index contributed by atoms with van der Waals surface area (Å²) in [6, 6.07) is 8.74. The molecule has 1 radical (unpaired) electrons. The van der Waals surface area contributed by atoms with Gasteiger partial charge in [0, 0.05) is 0 Å².